The number of rotatable bonds is 13. The van der Waals surface area contributed by atoms with Gasteiger partial charge in [-0.1, -0.05) is 66.2 Å². The number of hydrogen-bond acceptors (Lipinski definition) is 1. The summed E-state index contributed by atoms with van der Waals surface area (Å²) >= 11 is 9.47. The molecule has 0 amide bonds. The van der Waals surface area contributed by atoms with Crippen molar-refractivity contribution in [2.75, 3.05) is 13.1 Å². The highest BCUT2D eigenvalue weighted by molar-refractivity contribution is 8.60. The largest absolute Gasteiger partial charge is 0.346 e. The minimum atomic E-state index is -2.55. The highest BCUT2D eigenvalue weighted by atomic mass is 32.9. The van der Waals surface area contributed by atoms with Crippen LogP contribution in [-0.4, -0.2) is 22.7 Å². The molecule has 1 unspecified atom stereocenters. The van der Waals surface area contributed by atoms with Crippen molar-refractivity contribution in [3.05, 3.63) is 0 Å². The monoisotopic (exact) mass is 353 g/mol. The quantitative estimate of drug-likeness (QED) is 0.246. The molecular weight excluding hydrogens is 317 g/mol. The smallest absolute Gasteiger partial charge is 0.182 e. The first-order chi connectivity index (χ1) is 9.73. The van der Waals surface area contributed by atoms with Crippen molar-refractivity contribution >= 4 is 29.7 Å². The van der Waals surface area contributed by atoms with Crippen LogP contribution >= 0.6 is 17.9 Å². The van der Waals surface area contributed by atoms with Crippen LogP contribution in [0.1, 0.15) is 79.1 Å². The van der Waals surface area contributed by atoms with Gasteiger partial charge in [-0.25, -0.2) is 4.67 Å². The molecule has 1 N–H and O–H groups in total. The molecule has 0 aromatic rings. The summed E-state index contributed by atoms with van der Waals surface area (Å²) in [6.07, 6.45) is 9.85. The van der Waals surface area contributed by atoms with Gasteiger partial charge in [-0.3, -0.25) is 0 Å². The highest BCUT2D eigenvalue weighted by Crippen LogP contribution is 2.50. The van der Waals surface area contributed by atoms with Crippen LogP contribution in [0, 0.1) is 11.8 Å². The van der Waals surface area contributed by atoms with Gasteiger partial charge in [-0.05, 0) is 36.5 Å². The number of thiol groups is 1. The topological polar surface area (TPSA) is 23.5 Å². The molecule has 0 rings (SSSR count). The molecule has 0 fully saturated rings. The molecule has 0 spiro atoms. The van der Waals surface area contributed by atoms with Crippen LogP contribution in [0.15, 0.2) is 0 Å². The van der Waals surface area contributed by atoms with E-state index in [9.17, 15) is 4.89 Å². The minimum Gasteiger partial charge on any atom is -0.346 e. The van der Waals surface area contributed by atoms with Crippen LogP contribution < -0.4 is 0 Å². The lowest BCUT2D eigenvalue weighted by Crippen LogP contribution is -2.21. The maximum absolute atomic E-state index is 10.1. The Morgan fingerprint density at radius 3 is 1.52 bits per heavy atom. The zero-order valence-electron chi connectivity index (χ0n) is 14.4. The molecule has 5 heteroatoms. The minimum absolute atomic E-state index is 0.787. The fraction of sp³-hybridized carbons (Fsp3) is 1.00. The van der Waals surface area contributed by atoms with Gasteiger partial charge >= 0.3 is 0 Å². The van der Waals surface area contributed by atoms with Crippen molar-refractivity contribution in [2.24, 2.45) is 11.8 Å². The van der Waals surface area contributed by atoms with Gasteiger partial charge in [0.1, 0.15) is 0 Å². The van der Waals surface area contributed by atoms with E-state index in [2.05, 4.69) is 44.6 Å². The molecule has 0 aliphatic carbocycles. The average molecular weight is 354 g/mol. The Hall–Kier alpha value is 0.920. The molecule has 0 heterocycles. The van der Waals surface area contributed by atoms with Gasteiger partial charge in [0.15, 0.2) is 5.62 Å². The molecule has 2 nitrogen and oxygen atoms in total. The van der Waals surface area contributed by atoms with Crippen LogP contribution in [0.5, 0.6) is 0 Å². The molecule has 0 aromatic heterocycles. The normalized spacial score (nSPS) is 15.1. The summed E-state index contributed by atoms with van der Waals surface area (Å²) in [5.41, 5.74) is -2.55. The molecule has 0 bridgehead atoms. The zero-order chi connectivity index (χ0) is 16.3. The van der Waals surface area contributed by atoms with E-state index in [1.54, 1.807) is 0 Å². The third kappa shape index (κ3) is 14.3. The lowest BCUT2D eigenvalue weighted by molar-refractivity contribution is 0.382. The van der Waals surface area contributed by atoms with Crippen LogP contribution in [-0.2, 0) is 11.8 Å². The van der Waals surface area contributed by atoms with Gasteiger partial charge < -0.3 is 4.89 Å². The Morgan fingerprint density at radius 1 is 0.857 bits per heavy atom. The van der Waals surface area contributed by atoms with E-state index in [1.165, 1.54) is 38.5 Å². The Kier molecular flexibility index (Phi) is 12.9. The zero-order valence-corrected chi connectivity index (χ0v) is 17.0. The second-order valence-corrected chi connectivity index (χ2v) is 12.6. The summed E-state index contributed by atoms with van der Waals surface area (Å²) in [6, 6.07) is 0. The fourth-order valence-electron chi connectivity index (χ4n) is 2.42. The molecule has 0 aromatic carbocycles. The highest BCUT2D eigenvalue weighted by Gasteiger charge is 2.17. The van der Waals surface area contributed by atoms with Gasteiger partial charge in [0.05, 0.1) is 0 Å². The first-order valence-corrected chi connectivity index (χ1v) is 12.4. The van der Waals surface area contributed by atoms with Crippen LogP contribution in [0.3, 0.4) is 0 Å². The first kappa shape index (κ1) is 21.9. The summed E-state index contributed by atoms with van der Waals surface area (Å²) < 4.78 is 2.05. The molecule has 0 saturated carbocycles. The van der Waals surface area contributed by atoms with E-state index < -0.39 is 5.62 Å². The standard InChI is InChI=1S/C16H36NOPS2/c1-15(2)11-7-5-9-13-17(19(18,20)21)14-10-6-8-12-16(3)4/h15-16H,5-14H2,1-4H3,(H2,18,20,21). The SMILES string of the molecule is CC(C)CCCCCN(CCCCCC(C)C)P(O)(=S)S. The molecule has 0 aliphatic heterocycles. The Labute approximate surface area is 143 Å². The summed E-state index contributed by atoms with van der Waals surface area (Å²) in [6.45, 7) is 10.9. The van der Waals surface area contributed by atoms with Gasteiger partial charge in [0, 0.05) is 13.1 Å². The van der Waals surface area contributed by atoms with Gasteiger partial charge in [-0.15, -0.1) is 12.2 Å². The summed E-state index contributed by atoms with van der Waals surface area (Å²) in [7, 11) is 0. The third-order valence-corrected chi connectivity index (χ3v) is 6.35. The van der Waals surface area contributed by atoms with Crippen molar-refractivity contribution in [1.29, 1.82) is 0 Å². The van der Waals surface area contributed by atoms with Crippen LogP contribution in [0.2, 0.25) is 0 Å². The first-order valence-electron chi connectivity index (χ1n) is 8.54. The lowest BCUT2D eigenvalue weighted by atomic mass is 10.1. The molecule has 128 valence electrons. The summed E-state index contributed by atoms with van der Waals surface area (Å²) in [5.74, 6) is 1.57. The second kappa shape index (κ2) is 12.4. The summed E-state index contributed by atoms with van der Waals surface area (Å²) in [5, 5.41) is 0. The van der Waals surface area contributed by atoms with E-state index >= 15 is 0 Å². The van der Waals surface area contributed by atoms with Crippen molar-refractivity contribution in [2.45, 2.75) is 79.1 Å². The molecule has 0 radical (unpaired) electrons. The number of unbranched alkanes of at least 4 members (excludes halogenated alkanes) is 4. The molecule has 1 atom stereocenters. The summed E-state index contributed by atoms with van der Waals surface area (Å²) in [4.78, 5) is 10.1. The lowest BCUT2D eigenvalue weighted by Gasteiger charge is -2.27. The maximum atomic E-state index is 10.1. The molecule has 21 heavy (non-hydrogen) atoms. The van der Waals surface area contributed by atoms with Gasteiger partial charge in [0.2, 0.25) is 0 Å². The van der Waals surface area contributed by atoms with Crippen molar-refractivity contribution < 1.29 is 4.89 Å². The Bertz CT molecular complexity index is 274. The maximum Gasteiger partial charge on any atom is 0.182 e. The molecular formula is C16H36NOPS2. The van der Waals surface area contributed by atoms with E-state index in [0.29, 0.717) is 0 Å². The Morgan fingerprint density at radius 2 is 1.24 bits per heavy atom. The van der Waals surface area contributed by atoms with Crippen LogP contribution in [0.4, 0.5) is 0 Å². The van der Waals surface area contributed by atoms with Crippen molar-refractivity contribution in [1.82, 2.24) is 4.67 Å². The number of nitrogens with zero attached hydrogens (tertiary/aromatic N) is 1. The second-order valence-electron chi connectivity index (χ2n) is 6.95. The van der Waals surface area contributed by atoms with E-state index in [1.807, 2.05) is 0 Å². The third-order valence-electron chi connectivity index (χ3n) is 3.76. The van der Waals surface area contributed by atoms with Crippen molar-refractivity contribution in [3.63, 3.8) is 0 Å². The predicted octanol–water partition coefficient (Wildman–Crippen LogP) is 5.87. The number of hydrogen-bond donors (Lipinski definition) is 2. The fourth-order valence-corrected chi connectivity index (χ4v) is 4.25. The predicted molar refractivity (Wildman–Crippen MR) is 104 cm³/mol. The van der Waals surface area contributed by atoms with E-state index in [-0.39, 0.29) is 0 Å². The van der Waals surface area contributed by atoms with Gasteiger partial charge in [-0.2, -0.15) is 0 Å². The molecule has 0 saturated heterocycles. The van der Waals surface area contributed by atoms with Crippen LogP contribution in [0.25, 0.3) is 0 Å². The Balaban J connectivity index is 3.87. The molecule has 0 aliphatic rings. The van der Waals surface area contributed by atoms with Crippen molar-refractivity contribution in [3.8, 4) is 0 Å². The average Bonchev–Trinajstić information content (AvgIpc) is 2.33. The van der Waals surface area contributed by atoms with E-state index in [4.69, 9.17) is 11.8 Å². The van der Waals surface area contributed by atoms with E-state index in [0.717, 1.165) is 37.8 Å². The van der Waals surface area contributed by atoms with Gasteiger partial charge in [0.25, 0.3) is 0 Å².